The summed E-state index contributed by atoms with van der Waals surface area (Å²) in [6, 6.07) is 0.571. The minimum Gasteiger partial charge on any atom is -0.380 e. The van der Waals surface area contributed by atoms with E-state index < -0.39 is 0 Å². The number of rotatable bonds is 12. The molecule has 0 fully saturated rings. The fourth-order valence-electron chi connectivity index (χ4n) is 1.85. The Kier molecular flexibility index (Phi) is 12.9. The summed E-state index contributed by atoms with van der Waals surface area (Å²) in [5.74, 6) is 0. The molecule has 0 aromatic rings. The van der Waals surface area contributed by atoms with Gasteiger partial charge in [-0.2, -0.15) is 0 Å². The number of hydrogen-bond donors (Lipinski definition) is 1. The van der Waals surface area contributed by atoms with Gasteiger partial charge in [-0.3, -0.25) is 0 Å². The smallest absolute Gasteiger partial charge is 0.0619 e. The van der Waals surface area contributed by atoms with E-state index in [4.69, 9.17) is 4.74 Å². The molecule has 0 bridgehead atoms. The van der Waals surface area contributed by atoms with Crippen molar-refractivity contribution in [2.75, 3.05) is 19.8 Å². The van der Waals surface area contributed by atoms with E-state index in [1.54, 1.807) is 0 Å². The van der Waals surface area contributed by atoms with Crippen LogP contribution in [0.3, 0.4) is 0 Å². The Morgan fingerprint density at radius 1 is 0.938 bits per heavy atom. The Labute approximate surface area is 102 Å². The summed E-state index contributed by atoms with van der Waals surface area (Å²) in [4.78, 5) is 0. The highest BCUT2D eigenvalue weighted by molar-refractivity contribution is 4.65. The first kappa shape index (κ1) is 15.9. The summed E-state index contributed by atoms with van der Waals surface area (Å²) in [6.07, 6.45) is 9.31. The van der Waals surface area contributed by atoms with Gasteiger partial charge in [0.2, 0.25) is 0 Å². The molecule has 0 aliphatic heterocycles. The van der Waals surface area contributed by atoms with Crippen LogP contribution in [0.25, 0.3) is 0 Å². The van der Waals surface area contributed by atoms with Gasteiger partial charge in [0.25, 0.3) is 0 Å². The van der Waals surface area contributed by atoms with Gasteiger partial charge in [0.05, 0.1) is 6.61 Å². The first-order chi connectivity index (χ1) is 7.85. The Morgan fingerprint density at radius 3 is 2.31 bits per heavy atom. The molecule has 0 spiro atoms. The molecule has 98 valence electrons. The van der Waals surface area contributed by atoms with Gasteiger partial charge in [0, 0.05) is 12.6 Å². The summed E-state index contributed by atoms with van der Waals surface area (Å²) in [5, 5.41) is 3.57. The molecule has 0 saturated carbocycles. The summed E-state index contributed by atoms with van der Waals surface area (Å²) < 4.78 is 5.51. The zero-order valence-electron chi connectivity index (χ0n) is 11.6. The monoisotopic (exact) mass is 229 g/mol. The van der Waals surface area contributed by atoms with Crippen molar-refractivity contribution >= 4 is 0 Å². The highest BCUT2D eigenvalue weighted by atomic mass is 16.5. The Bertz CT molecular complexity index is 120. The van der Waals surface area contributed by atoms with Crippen molar-refractivity contribution < 1.29 is 4.74 Å². The van der Waals surface area contributed by atoms with Crippen LogP contribution >= 0.6 is 0 Å². The van der Waals surface area contributed by atoms with Crippen molar-refractivity contribution in [3.63, 3.8) is 0 Å². The van der Waals surface area contributed by atoms with Crippen molar-refractivity contribution in [3.05, 3.63) is 0 Å². The third-order valence-corrected chi connectivity index (χ3v) is 2.86. The second kappa shape index (κ2) is 13.0. The molecule has 0 rings (SSSR count). The standard InChI is InChI=1S/C14H31NO/c1-4-7-8-9-10-11-14(13-16-6-3)15-12-5-2/h14-15H,4-13H2,1-3H3. The van der Waals surface area contributed by atoms with Gasteiger partial charge in [-0.1, -0.05) is 46.0 Å². The van der Waals surface area contributed by atoms with E-state index >= 15 is 0 Å². The molecular weight excluding hydrogens is 198 g/mol. The third kappa shape index (κ3) is 10.4. The SMILES string of the molecule is CCCCCCCC(COCC)NCCC. The summed E-state index contributed by atoms with van der Waals surface area (Å²) >= 11 is 0. The molecule has 0 aromatic carbocycles. The predicted octanol–water partition coefficient (Wildman–Crippen LogP) is 3.75. The molecule has 0 aromatic heterocycles. The zero-order chi connectivity index (χ0) is 12.1. The molecule has 0 radical (unpaired) electrons. The number of hydrogen-bond acceptors (Lipinski definition) is 2. The topological polar surface area (TPSA) is 21.3 Å². The normalized spacial score (nSPS) is 12.9. The quantitative estimate of drug-likeness (QED) is 0.515. The average molecular weight is 229 g/mol. The van der Waals surface area contributed by atoms with Crippen LogP contribution in [0.2, 0.25) is 0 Å². The maximum absolute atomic E-state index is 5.51. The van der Waals surface area contributed by atoms with E-state index in [0.29, 0.717) is 6.04 Å². The van der Waals surface area contributed by atoms with E-state index in [-0.39, 0.29) is 0 Å². The van der Waals surface area contributed by atoms with E-state index in [1.165, 1.54) is 44.9 Å². The summed E-state index contributed by atoms with van der Waals surface area (Å²) in [7, 11) is 0. The lowest BCUT2D eigenvalue weighted by molar-refractivity contribution is 0.119. The highest BCUT2D eigenvalue weighted by Gasteiger charge is 2.06. The zero-order valence-corrected chi connectivity index (χ0v) is 11.6. The van der Waals surface area contributed by atoms with Crippen LogP contribution in [0.1, 0.15) is 65.7 Å². The van der Waals surface area contributed by atoms with Gasteiger partial charge in [0.1, 0.15) is 0 Å². The van der Waals surface area contributed by atoms with Crippen LogP contribution in [-0.4, -0.2) is 25.8 Å². The molecule has 0 aliphatic carbocycles. The largest absolute Gasteiger partial charge is 0.380 e. The third-order valence-electron chi connectivity index (χ3n) is 2.86. The molecule has 1 atom stereocenters. The predicted molar refractivity (Wildman–Crippen MR) is 72.0 cm³/mol. The molecule has 2 heteroatoms. The Morgan fingerprint density at radius 2 is 1.69 bits per heavy atom. The van der Waals surface area contributed by atoms with Gasteiger partial charge in [-0.05, 0) is 26.3 Å². The minimum atomic E-state index is 0.571. The molecular formula is C14H31NO. The minimum absolute atomic E-state index is 0.571. The Balaban J connectivity index is 3.48. The maximum Gasteiger partial charge on any atom is 0.0619 e. The summed E-state index contributed by atoms with van der Waals surface area (Å²) in [6.45, 7) is 9.38. The van der Waals surface area contributed by atoms with Crippen LogP contribution in [0, 0.1) is 0 Å². The van der Waals surface area contributed by atoms with Crippen molar-refractivity contribution in [2.45, 2.75) is 71.8 Å². The van der Waals surface area contributed by atoms with Crippen molar-refractivity contribution in [1.29, 1.82) is 0 Å². The molecule has 16 heavy (non-hydrogen) atoms. The van der Waals surface area contributed by atoms with Crippen molar-refractivity contribution in [2.24, 2.45) is 0 Å². The molecule has 1 N–H and O–H groups in total. The van der Waals surface area contributed by atoms with Gasteiger partial charge >= 0.3 is 0 Å². The molecule has 1 unspecified atom stereocenters. The number of unbranched alkanes of at least 4 members (excludes halogenated alkanes) is 4. The molecule has 0 saturated heterocycles. The van der Waals surface area contributed by atoms with Gasteiger partial charge in [-0.15, -0.1) is 0 Å². The molecule has 0 aliphatic rings. The van der Waals surface area contributed by atoms with Crippen LogP contribution in [0.4, 0.5) is 0 Å². The first-order valence-corrected chi connectivity index (χ1v) is 7.16. The fraction of sp³-hybridized carbons (Fsp3) is 1.00. The lowest BCUT2D eigenvalue weighted by Gasteiger charge is -2.18. The maximum atomic E-state index is 5.51. The number of ether oxygens (including phenoxy) is 1. The van der Waals surface area contributed by atoms with Crippen LogP contribution < -0.4 is 5.32 Å². The number of nitrogens with one attached hydrogen (secondary N) is 1. The van der Waals surface area contributed by atoms with Gasteiger partial charge < -0.3 is 10.1 Å². The van der Waals surface area contributed by atoms with Crippen molar-refractivity contribution in [1.82, 2.24) is 5.32 Å². The second-order valence-corrected chi connectivity index (χ2v) is 4.51. The average Bonchev–Trinajstić information content (AvgIpc) is 2.31. The van der Waals surface area contributed by atoms with E-state index in [9.17, 15) is 0 Å². The van der Waals surface area contributed by atoms with E-state index in [0.717, 1.165) is 19.8 Å². The fourth-order valence-corrected chi connectivity index (χ4v) is 1.85. The highest BCUT2D eigenvalue weighted by Crippen LogP contribution is 2.07. The van der Waals surface area contributed by atoms with Gasteiger partial charge in [0.15, 0.2) is 0 Å². The van der Waals surface area contributed by atoms with Crippen LogP contribution in [-0.2, 0) is 4.74 Å². The van der Waals surface area contributed by atoms with Gasteiger partial charge in [-0.25, -0.2) is 0 Å². The van der Waals surface area contributed by atoms with Crippen molar-refractivity contribution in [3.8, 4) is 0 Å². The Hall–Kier alpha value is -0.0800. The molecule has 0 amide bonds. The second-order valence-electron chi connectivity index (χ2n) is 4.51. The molecule has 2 nitrogen and oxygen atoms in total. The lowest BCUT2D eigenvalue weighted by atomic mass is 10.1. The first-order valence-electron chi connectivity index (χ1n) is 7.16. The van der Waals surface area contributed by atoms with E-state index in [2.05, 4.69) is 26.1 Å². The lowest BCUT2D eigenvalue weighted by Crippen LogP contribution is -2.34. The van der Waals surface area contributed by atoms with E-state index in [1.807, 2.05) is 0 Å². The van der Waals surface area contributed by atoms with Crippen LogP contribution in [0.15, 0.2) is 0 Å². The van der Waals surface area contributed by atoms with Crippen LogP contribution in [0.5, 0.6) is 0 Å². The molecule has 0 heterocycles. The summed E-state index contributed by atoms with van der Waals surface area (Å²) in [5.41, 5.74) is 0.